The molecular formula is C9H14N2O. The lowest BCUT2D eigenvalue weighted by atomic mass is 9.85. The van der Waals surface area contributed by atoms with Crippen molar-refractivity contribution in [1.29, 1.82) is 0 Å². The highest BCUT2D eigenvalue weighted by atomic mass is 16.3. The molecule has 3 nitrogen and oxygen atoms in total. The van der Waals surface area contributed by atoms with Crippen molar-refractivity contribution < 1.29 is 5.11 Å². The van der Waals surface area contributed by atoms with E-state index in [9.17, 15) is 0 Å². The van der Waals surface area contributed by atoms with Crippen molar-refractivity contribution in [3.63, 3.8) is 0 Å². The van der Waals surface area contributed by atoms with Gasteiger partial charge in [-0.05, 0) is 18.8 Å². The van der Waals surface area contributed by atoms with Crippen LogP contribution in [0.25, 0.3) is 0 Å². The molecule has 1 aliphatic carbocycles. The Hall–Kier alpha value is -0.830. The van der Waals surface area contributed by atoms with Crippen molar-refractivity contribution in [2.75, 3.05) is 0 Å². The van der Waals surface area contributed by atoms with E-state index in [1.165, 1.54) is 19.3 Å². The monoisotopic (exact) mass is 166 g/mol. The molecule has 1 aromatic rings. The van der Waals surface area contributed by atoms with Crippen molar-refractivity contribution in [1.82, 2.24) is 9.55 Å². The average molecular weight is 166 g/mol. The van der Waals surface area contributed by atoms with Crippen molar-refractivity contribution in [2.45, 2.75) is 32.4 Å². The van der Waals surface area contributed by atoms with Crippen molar-refractivity contribution in [3.05, 3.63) is 18.2 Å². The number of nitrogens with zero attached hydrogens (tertiary/aromatic N) is 2. The molecule has 12 heavy (non-hydrogen) atoms. The Labute approximate surface area is 72.0 Å². The van der Waals surface area contributed by atoms with E-state index in [2.05, 4.69) is 9.55 Å². The van der Waals surface area contributed by atoms with Gasteiger partial charge in [-0.1, -0.05) is 6.42 Å². The van der Waals surface area contributed by atoms with Gasteiger partial charge >= 0.3 is 0 Å². The van der Waals surface area contributed by atoms with Crippen LogP contribution in [-0.2, 0) is 13.2 Å². The predicted octanol–water partition coefficient (Wildman–Crippen LogP) is 1.18. The van der Waals surface area contributed by atoms with Crippen molar-refractivity contribution >= 4 is 0 Å². The lowest BCUT2D eigenvalue weighted by Gasteiger charge is -2.25. The number of aliphatic hydroxyl groups is 1. The van der Waals surface area contributed by atoms with Crippen molar-refractivity contribution in [2.24, 2.45) is 5.92 Å². The first-order valence-electron chi connectivity index (χ1n) is 4.50. The molecule has 3 heteroatoms. The molecule has 1 saturated carbocycles. The van der Waals surface area contributed by atoms with Crippen molar-refractivity contribution in [3.8, 4) is 0 Å². The second kappa shape index (κ2) is 3.27. The number of rotatable bonds is 3. The normalized spacial score (nSPS) is 17.8. The highest BCUT2D eigenvalue weighted by Crippen LogP contribution is 2.27. The quantitative estimate of drug-likeness (QED) is 0.732. The van der Waals surface area contributed by atoms with E-state index in [-0.39, 0.29) is 6.61 Å². The van der Waals surface area contributed by atoms with E-state index >= 15 is 0 Å². The van der Waals surface area contributed by atoms with Gasteiger partial charge in [0, 0.05) is 12.7 Å². The van der Waals surface area contributed by atoms with Crippen LogP contribution in [0, 0.1) is 5.92 Å². The van der Waals surface area contributed by atoms with Gasteiger partial charge in [-0.2, -0.15) is 0 Å². The second-order valence-corrected chi connectivity index (χ2v) is 3.52. The Bertz CT molecular complexity index is 253. The van der Waals surface area contributed by atoms with Gasteiger partial charge in [0.1, 0.15) is 0 Å². The Morgan fingerprint density at radius 1 is 1.58 bits per heavy atom. The molecule has 1 heterocycles. The third kappa shape index (κ3) is 1.50. The van der Waals surface area contributed by atoms with Crippen LogP contribution in [0.4, 0.5) is 0 Å². The molecule has 1 N–H and O–H groups in total. The summed E-state index contributed by atoms with van der Waals surface area (Å²) >= 11 is 0. The van der Waals surface area contributed by atoms with Gasteiger partial charge in [-0.25, -0.2) is 4.98 Å². The fraction of sp³-hybridized carbons (Fsp3) is 0.667. The Morgan fingerprint density at radius 2 is 2.42 bits per heavy atom. The molecule has 2 rings (SSSR count). The lowest BCUT2D eigenvalue weighted by Crippen LogP contribution is -2.17. The van der Waals surface area contributed by atoms with Gasteiger partial charge in [-0.3, -0.25) is 0 Å². The van der Waals surface area contributed by atoms with Gasteiger partial charge in [0.25, 0.3) is 0 Å². The first-order chi connectivity index (χ1) is 5.88. The number of hydrogen-bond donors (Lipinski definition) is 1. The van der Waals surface area contributed by atoms with E-state index in [4.69, 9.17) is 5.11 Å². The highest BCUT2D eigenvalue weighted by molar-refractivity contribution is 4.94. The molecule has 0 radical (unpaired) electrons. The molecule has 0 bridgehead atoms. The predicted molar refractivity (Wildman–Crippen MR) is 45.5 cm³/mol. The molecular weight excluding hydrogens is 152 g/mol. The number of aliphatic hydroxyl groups excluding tert-OH is 1. The molecule has 1 aliphatic rings. The molecule has 0 atom stereocenters. The summed E-state index contributed by atoms with van der Waals surface area (Å²) in [6, 6.07) is 0. The zero-order chi connectivity index (χ0) is 8.39. The van der Waals surface area contributed by atoms with E-state index in [0.29, 0.717) is 0 Å². The molecule has 0 spiro atoms. The summed E-state index contributed by atoms with van der Waals surface area (Å²) in [5.41, 5.74) is 0.773. The second-order valence-electron chi connectivity index (χ2n) is 3.52. The maximum Gasteiger partial charge on any atom is 0.0950 e. The topological polar surface area (TPSA) is 38.0 Å². The summed E-state index contributed by atoms with van der Waals surface area (Å²) in [4.78, 5) is 4.06. The molecule has 0 aromatic carbocycles. The van der Waals surface area contributed by atoms with Crippen LogP contribution in [0.15, 0.2) is 12.5 Å². The van der Waals surface area contributed by atoms with Crippen LogP contribution in [0.5, 0.6) is 0 Å². The van der Waals surface area contributed by atoms with Crippen LogP contribution in [0.3, 0.4) is 0 Å². The van der Waals surface area contributed by atoms with Gasteiger partial charge in [0.15, 0.2) is 0 Å². The summed E-state index contributed by atoms with van der Waals surface area (Å²) in [7, 11) is 0. The zero-order valence-corrected chi connectivity index (χ0v) is 7.11. The fourth-order valence-electron chi connectivity index (χ4n) is 1.56. The minimum absolute atomic E-state index is 0.0532. The van der Waals surface area contributed by atoms with E-state index in [0.717, 1.165) is 18.2 Å². The van der Waals surface area contributed by atoms with E-state index in [1.54, 1.807) is 0 Å². The summed E-state index contributed by atoms with van der Waals surface area (Å²) in [5.74, 6) is 0.853. The number of imidazole rings is 1. The maximum atomic E-state index is 8.78. The minimum atomic E-state index is 0.0532. The Morgan fingerprint density at radius 3 is 2.92 bits per heavy atom. The zero-order valence-electron chi connectivity index (χ0n) is 7.11. The summed E-state index contributed by atoms with van der Waals surface area (Å²) in [6.45, 7) is 1.13. The molecule has 0 aliphatic heterocycles. The van der Waals surface area contributed by atoms with Gasteiger partial charge < -0.3 is 9.67 Å². The molecule has 0 saturated heterocycles. The SMILES string of the molecule is OCc1cn(CC2CCC2)cn1. The first kappa shape index (κ1) is 7.80. The van der Waals surface area contributed by atoms with Crippen LogP contribution in [0.2, 0.25) is 0 Å². The minimum Gasteiger partial charge on any atom is -0.390 e. The largest absolute Gasteiger partial charge is 0.390 e. The van der Waals surface area contributed by atoms with Crippen LogP contribution < -0.4 is 0 Å². The van der Waals surface area contributed by atoms with E-state index in [1.807, 2.05) is 12.5 Å². The Balaban J connectivity index is 1.93. The third-order valence-corrected chi connectivity index (χ3v) is 2.54. The van der Waals surface area contributed by atoms with Crippen LogP contribution in [0.1, 0.15) is 25.0 Å². The third-order valence-electron chi connectivity index (χ3n) is 2.54. The average Bonchev–Trinajstić information content (AvgIpc) is 2.44. The smallest absolute Gasteiger partial charge is 0.0950 e. The molecule has 66 valence electrons. The molecule has 1 aromatic heterocycles. The Kier molecular flexibility index (Phi) is 2.13. The summed E-state index contributed by atoms with van der Waals surface area (Å²) in [5, 5.41) is 8.78. The standard InChI is InChI=1S/C9H14N2O/c12-6-9-5-11(7-10-9)4-8-2-1-3-8/h5,7-8,12H,1-4,6H2. The summed E-state index contributed by atoms with van der Waals surface area (Å²) < 4.78 is 2.08. The van der Waals surface area contributed by atoms with Gasteiger partial charge in [0.2, 0.25) is 0 Å². The maximum absolute atomic E-state index is 8.78. The fourth-order valence-corrected chi connectivity index (χ4v) is 1.56. The molecule has 0 unspecified atom stereocenters. The number of hydrogen-bond acceptors (Lipinski definition) is 2. The highest BCUT2D eigenvalue weighted by Gasteiger charge is 2.17. The summed E-state index contributed by atoms with van der Waals surface area (Å²) in [6.07, 6.45) is 7.83. The van der Waals surface area contributed by atoms with Gasteiger partial charge in [-0.15, -0.1) is 0 Å². The molecule has 1 fully saturated rings. The van der Waals surface area contributed by atoms with E-state index < -0.39 is 0 Å². The lowest BCUT2D eigenvalue weighted by molar-refractivity contribution is 0.272. The van der Waals surface area contributed by atoms with Crippen LogP contribution >= 0.6 is 0 Å². The number of aromatic nitrogens is 2. The van der Waals surface area contributed by atoms with Gasteiger partial charge in [0.05, 0.1) is 18.6 Å². The molecule has 0 amide bonds. The first-order valence-corrected chi connectivity index (χ1v) is 4.50. The van der Waals surface area contributed by atoms with Crippen LogP contribution in [-0.4, -0.2) is 14.7 Å².